The zero-order valence-electron chi connectivity index (χ0n) is 16.3. The molecule has 0 unspecified atom stereocenters. The number of hydrogen-bond acceptors (Lipinski definition) is 3. The van der Waals surface area contributed by atoms with E-state index in [1.807, 2.05) is 55.1 Å². The minimum atomic E-state index is -0.177. The Balaban J connectivity index is 1.85. The van der Waals surface area contributed by atoms with Gasteiger partial charge >= 0.3 is 0 Å². The third kappa shape index (κ3) is 4.48. The van der Waals surface area contributed by atoms with E-state index in [2.05, 4.69) is 5.32 Å². The summed E-state index contributed by atoms with van der Waals surface area (Å²) < 4.78 is 0. The molecule has 1 fully saturated rings. The fourth-order valence-corrected chi connectivity index (χ4v) is 3.35. The number of nitrogens with zero attached hydrogens (tertiary/aromatic N) is 2. The largest absolute Gasteiger partial charge is 0.377 e. The normalized spacial score (nSPS) is 14.0. The van der Waals surface area contributed by atoms with Crippen molar-refractivity contribution in [2.24, 2.45) is 0 Å². The maximum atomic E-state index is 13.1. The van der Waals surface area contributed by atoms with Crippen LogP contribution in [0.5, 0.6) is 0 Å². The van der Waals surface area contributed by atoms with Crippen LogP contribution in [0.3, 0.4) is 0 Å². The number of hydrogen-bond donors (Lipinski definition) is 1. The summed E-state index contributed by atoms with van der Waals surface area (Å²) in [6, 6.07) is 13.0. The zero-order valence-corrected chi connectivity index (χ0v) is 16.3. The first-order valence-corrected chi connectivity index (χ1v) is 9.44. The van der Waals surface area contributed by atoms with Crippen molar-refractivity contribution in [3.63, 3.8) is 0 Å². The number of nitrogens with one attached hydrogen (secondary N) is 1. The predicted molar refractivity (Wildman–Crippen MR) is 110 cm³/mol. The number of carbonyl (C=O) groups excluding carboxylic acids is 2. The first-order chi connectivity index (χ1) is 13.0. The first kappa shape index (κ1) is 19.0. The van der Waals surface area contributed by atoms with Crippen molar-refractivity contribution in [2.75, 3.05) is 37.4 Å². The maximum absolute atomic E-state index is 13.1. The molecule has 0 bridgehead atoms. The van der Waals surface area contributed by atoms with Gasteiger partial charge in [0.1, 0.15) is 0 Å². The molecule has 0 spiro atoms. The number of likely N-dealkylation sites (tertiary alicyclic amines) is 1. The fourth-order valence-electron chi connectivity index (χ4n) is 3.35. The van der Waals surface area contributed by atoms with Gasteiger partial charge in [-0.1, -0.05) is 17.7 Å². The van der Waals surface area contributed by atoms with Crippen molar-refractivity contribution < 1.29 is 9.59 Å². The molecular weight excluding hydrogens is 338 g/mol. The summed E-state index contributed by atoms with van der Waals surface area (Å²) in [5.74, 6) is -0.145. The summed E-state index contributed by atoms with van der Waals surface area (Å²) in [4.78, 5) is 29.4. The summed E-state index contributed by atoms with van der Waals surface area (Å²) in [7, 11) is 3.85. The van der Waals surface area contributed by atoms with E-state index in [0.717, 1.165) is 37.2 Å². The summed E-state index contributed by atoms with van der Waals surface area (Å²) in [6.07, 6.45) is 3.27. The molecule has 5 nitrogen and oxygen atoms in total. The van der Waals surface area contributed by atoms with Crippen LogP contribution in [0, 0.1) is 6.92 Å². The standard InChI is InChI=1S/C22H27N3O2/c1-16-7-9-17(10-8-16)21(26)23-18-11-12-20(24(2)3)19(15-18)22(27)25-13-5-4-6-14-25/h7-12,15H,4-6,13-14H2,1-3H3,(H,23,26). The second kappa shape index (κ2) is 8.25. The Kier molecular flexibility index (Phi) is 5.79. The highest BCUT2D eigenvalue weighted by Gasteiger charge is 2.22. The van der Waals surface area contributed by atoms with Crippen LogP contribution in [0.15, 0.2) is 42.5 Å². The molecule has 2 amide bonds. The van der Waals surface area contributed by atoms with E-state index in [0.29, 0.717) is 16.8 Å². The summed E-state index contributed by atoms with van der Waals surface area (Å²) in [5, 5.41) is 2.91. The van der Waals surface area contributed by atoms with Crippen molar-refractivity contribution in [2.45, 2.75) is 26.2 Å². The van der Waals surface area contributed by atoms with E-state index in [1.165, 1.54) is 6.42 Å². The van der Waals surface area contributed by atoms with E-state index in [1.54, 1.807) is 18.2 Å². The van der Waals surface area contributed by atoms with Crippen molar-refractivity contribution in [3.05, 3.63) is 59.2 Å². The van der Waals surface area contributed by atoms with Gasteiger partial charge in [0.2, 0.25) is 0 Å². The van der Waals surface area contributed by atoms with Crippen LogP contribution in [0.25, 0.3) is 0 Å². The van der Waals surface area contributed by atoms with Gasteiger partial charge in [0.15, 0.2) is 0 Å². The number of benzene rings is 2. The molecule has 3 rings (SSSR count). The summed E-state index contributed by atoms with van der Waals surface area (Å²) in [6.45, 7) is 3.58. The second-order valence-electron chi connectivity index (χ2n) is 7.30. The molecule has 0 aliphatic carbocycles. The second-order valence-corrected chi connectivity index (χ2v) is 7.30. The molecule has 142 valence electrons. The third-order valence-corrected chi connectivity index (χ3v) is 4.92. The van der Waals surface area contributed by atoms with Crippen molar-refractivity contribution in [1.82, 2.24) is 4.90 Å². The molecule has 0 aromatic heterocycles. The molecule has 1 aliphatic heterocycles. The van der Waals surface area contributed by atoms with Crippen LogP contribution in [-0.4, -0.2) is 43.9 Å². The number of carbonyl (C=O) groups is 2. The fraction of sp³-hybridized carbons (Fsp3) is 0.364. The van der Waals surface area contributed by atoms with Crippen molar-refractivity contribution in [1.29, 1.82) is 0 Å². The highest BCUT2D eigenvalue weighted by molar-refractivity contribution is 6.06. The Morgan fingerprint density at radius 2 is 1.63 bits per heavy atom. The molecule has 0 radical (unpaired) electrons. The van der Waals surface area contributed by atoms with Crippen LogP contribution < -0.4 is 10.2 Å². The SMILES string of the molecule is Cc1ccc(C(=O)Nc2ccc(N(C)C)c(C(=O)N3CCCCC3)c2)cc1. The molecule has 0 atom stereocenters. The van der Waals surface area contributed by atoms with Gasteiger partial charge in [-0.15, -0.1) is 0 Å². The molecule has 1 N–H and O–H groups in total. The van der Waals surface area contributed by atoms with Gasteiger partial charge in [-0.25, -0.2) is 0 Å². The molecule has 1 saturated heterocycles. The highest BCUT2D eigenvalue weighted by atomic mass is 16.2. The third-order valence-electron chi connectivity index (χ3n) is 4.92. The van der Waals surface area contributed by atoms with Gasteiger partial charge in [0.25, 0.3) is 11.8 Å². The number of aryl methyl sites for hydroxylation is 1. The van der Waals surface area contributed by atoms with E-state index >= 15 is 0 Å². The van der Waals surface area contributed by atoms with Gasteiger partial charge in [0.05, 0.1) is 5.56 Å². The van der Waals surface area contributed by atoms with Gasteiger partial charge in [0, 0.05) is 44.1 Å². The number of rotatable bonds is 4. The van der Waals surface area contributed by atoms with Crippen molar-refractivity contribution in [3.8, 4) is 0 Å². The Morgan fingerprint density at radius 3 is 2.26 bits per heavy atom. The molecule has 27 heavy (non-hydrogen) atoms. The molecule has 5 heteroatoms. The Hall–Kier alpha value is -2.82. The van der Waals surface area contributed by atoms with Crippen LogP contribution in [0.4, 0.5) is 11.4 Å². The smallest absolute Gasteiger partial charge is 0.256 e. The Labute approximate surface area is 161 Å². The zero-order chi connectivity index (χ0) is 19.4. The van der Waals surface area contributed by atoms with Gasteiger partial charge in [-0.2, -0.15) is 0 Å². The first-order valence-electron chi connectivity index (χ1n) is 9.44. The molecule has 1 heterocycles. The monoisotopic (exact) mass is 365 g/mol. The van der Waals surface area contributed by atoms with E-state index < -0.39 is 0 Å². The lowest BCUT2D eigenvalue weighted by Crippen LogP contribution is -2.36. The summed E-state index contributed by atoms with van der Waals surface area (Å²) >= 11 is 0. The Bertz CT molecular complexity index is 822. The molecule has 1 aliphatic rings. The van der Waals surface area contributed by atoms with Crippen LogP contribution in [-0.2, 0) is 0 Å². The minimum Gasteiger partial charge on any atom is -0.377 e. The van der Waals surface area contributed by atoms with Gasteiger partial charge in [-0.3, -0.25) is 9.59 Å². The topological polar surface area (TPSA) is 52.7 Å². The van der Waals surface area contributed by atoms with Crippen molar-refractivity contribution >= 4 is 23.2 Å². The minimum absolute atomic E-state index is 0.0323. The Morgan fingerprint density at radius 1 is 0.963 bits per heavy atom. The van der Waals surface area contributed by atoms with Crippen LogP contribution in [0.2, 0.25) is 0 Å². The molecule has 2 aromatic rings. The molecule has 2 aromatic carbocycles. The van der Waals surface area contributed by atoms with E-state index in [-0.39, 0.29) is 11.8 Å². The number of amides is 2. The summed E-state index contributed by atoms with van der Waals surface area (Å²) in [5.41, 5.74) is 3.83. The van der Waals surface area contributed by atoms with Gasteiger partial charge in [-0.05, 0) is 56.5 Å². The van der Waals surface area contributed by atoms with Crippen LogP contribution >= 0.6 is 0 Å². The lowest BCUT2D eigenvalue weighted by atomic mass is 10.1. The van der Waals surface area contributed by atoms with Crippen LogP contribution in [0.1, 0.15) is 45.5 Å². The molecule has 0 saturated carbocycles. The predicted octanol–water partition coefficient (Wildman–Crippen LogP) is 3.94. The highest BCUT2D eigenvalue weighted by Crippen LogP contribution is 2.26. The lowest BCUT2D eigenvalue weighted by Gasteiger charge is -2.28. The van der Waals surface area contributed by atoms with E-state index in [4.69, 9.17) is 0 Å². The molecular formula is C22H27N3O2. The lowest BCUT2D eigenvalue weighted by molar-refractivity contribution is 0.0724. The number of anilines is 2. The average molecular weight is 365 g/mol. The quantitative estimate of drug-likeness (QED) is 0.893. The van der Waals surface area contributed by atoms with Gasteiger partial charge < -0.3 is 15.1 Å². The number of piperidine rings is 1. The van der Waals surface area contributed by atoms with E-state index in [9.17, 15) is 9.59 Å². The maximum Gasteiger partial charge on any atom is 0.256 e. The average Bonchev–Trinajstić information content (AvgIpc) is 2.68.